The van der Waals surface area contributed by atoms with Gasteiger partial charge in [0.1, 0.15) is 17.1 Å². The van der Waals surface area contributed by atoms with Crippen molar-refractivity contribution in [2.24, 2.45) is 0 Å². The first kappa shape index (κ1) is 13.4. The Balaban J connectivity index is 2.09. The van der Waals surface area contributed by atoms with Gasteiger partial charge < -0.3 is 14.5 Å². The van der Waals surface area contributed by atoms with Crippen molar-refractivity contribution in [3.05, 3.63) is 46.6 Å². The van der Waals surface area contributed by atoms with Gasteiger partial charge in [-0.15, -0.1) is 0 Å². The number of nitrogens with zero attached hydrogens (tertiary/aromatic N) is 1. The highest BCUT2D eigenvalue weighted by molar-refractivity contribution is 6.31. The number of furan rings is 1. The predicted molar refractivity (Wildman–Crippen MR) is 71.4 cm³/mol. The molecular weight excluding hydrogens is 268 g/mol. The second-order valence-electron chi connectivity index (χ2n) is 3.87. The standard InChI is InChI=1S/C13H13ClN2O3/c1-8-10(13(17)18-2)6-9(19-8)7-16-11-4-3-5-15-12(11)14/h3-6,16H,7H2,1-2H3. The molecule has 0 atom stereocenters. The number of anilines is 1. The molecule has 2 heterocycles. The van der Waals surface area contributed by atoms with Crippen LogP contribution in [0.4, 0.5) is 5.69 Å². The lowest BCUT2D eigenvalue weighted by atomic mass is 10.2. The van der Waals surface area contributed by atoms with E-state index in [2.05, 4.69) is 15.0 Å². The summed E-state index contributed by atoms with van der Waals surface area (Å²) >= 11 is 5.92. The molecule has 0 aliphatic carbocycles. The Kier molecular flexibility index (Phi) is 4.06. The molecule has 100 valence electrons. The van der Waals surface area contributed by atoms with E-state index in [1.54, 1.807) is 25.3 Å². The largest absolute Gasteiger partial charge is 0.465 e. The molecule has 0 spiro atoms. The number of ether oxygens (including phenoxy) is 1. The van der Waals surface area contributed by atoms with Crippen LogP contribution in [0.3, 0.4) is 0 Å². The molecule has 0 unspecified atom stereocenters. The van der Waals surface area contributed by atoms with Gasteiger partial charge in [0.05, 0.1) is 19.3 Å². The minimum Gasteiger partial charge on any atom is -0.465 e. The molecule has 0 amide bonds. The van der Waals surface area contributed by atoms with E-state index in [1.165, 1.54) is 7.11 Å². The second-order valence-corrected chi connectivity index (χ2v) is 4.23. The molecule has 0 bridgehead atoms. The normalized spacial score (nSPS) is 10.3. The molecule has 0 radical (unpaired) electrons. The van der Waals surface area contributed by atoms with Gasteiger partial charge in [0.25, 0.3) is 0 Å². The number of hydrogen-bond acceptors (Lipinski definition) is 5. The monoisotopic (exact) mass is 280 g/mol. The number of nitrogens with one attached hydrogen (secondary N) is 1. The van der Waals surface area contributed by atoms with Crippen molar-refractivity contribution in [1.29, 1.82) is 0 Å². The smallest absolute Gasteiger partial charge is 0.341 e. The highest BCUT2D eigenvalue weighted by atomic mass is 35.5. The van der Waals surface area contributed by atoms with E-state index in [0.29, 0.717) is 34.5 Å². The number of esters is 1. The minimum atomic E-state index is -0.410. The van der Waals surface area contributed by atoms with Crippen LogP contribution in [0.2, 0.25) is 5.15 Å². The third-order valence-electron chi connectivity index (χ3n) is 2.59. The van der Waals surface area contributed by atoms with Gasteiger partial charge in [-0.1, -0.05) is 11.6 Å². The molecule has 0 fully saturated rings. The average Bonchev–Trinajstić information content (AvgIpc) is 2.78. The van der Waals surface area contributed by atoms with Crippen molar-refractivity contribution in [2.75, 3.05) is 12.4 Å². The lowest BCUT2D eigenvalue weighted by Crippen LogP contribution is -2.01. The first-order chi connectivity index (χ1) is 9.11. The number of hydrogen-bond donors (Lipinski definition) is 1. The fourth-order valence-electron chi connectivity index (χ4n) is 1.64. The maximum atomic E-state index is 11.4. The average molecular weight is 281 g/mol. The second kappa shape index (κ2) is 5.75. The maximum absolute atomic E-state index is 11.4. The van der Waals surface area contributed by atoms with Crippen LogP contribution in [0.1, 0.15) is 21.9 Å². The van der Waals surface area contributed by atoms with Gasteiger partial charge in [-0.25, -0.2) is 9.78 Å². The van der Waals surface area contributed by atoms with E-state index in [4.69, 9.17) is 16.0 Å². The van der Waals surface area contributed by atoms with Crippen LogP contribution >= 0.6 is 11.6 Å². The van der Waals surface area contributed by atoms with Gasteiger partial charge in [-0.05, 0) is 25.1 Å². The number of carbonyl (C=O) groups is 1. The number of aromatic nitrogens is 1. The minimum absolute atomic E-state index is 0.388. The van der Waals surface area contributed by atoms with Crippen molar-refractivity contribution >= 4 is 23.3 Å². The number of halogens is 1. The number of rotatable bonds is 4. The Labute approximate surface area is 115 Å². The van der Waals surface area contributed by atoms with Crippen LogP contribution < -0.4 is 5.32 Å². The Morgan fingerprint density at radius 2 is 2.37 bits per heavy atom. The number of pyridine rings is 1. The zero-order valence-corrected chi connectivity index (χ0v) is 11.3. The summed E-state index contributed by atoms with van der Waals surface area (Å²) in [5.74, 6) is 0.741. The molecule has 2 aromatic heterocycles. The van der Waals surface area contributed by atoms with Crippen molar-refractivity contribution in [3.63, 3.8) is 0 Å². The first-order valence-electron chi connectivity index (χ1n) is 5.64. The van der Waals surface area contributed by atoms with E-state index in [-0.39, 0.29) is 0 Å². The van der Waals surface area contributed by atoms with Crippen LogP contribution in [0.25, 0.3) is 0 Å². The van der Waals surface area contributed by atoms with Crippen LogP contribution in [0.15, 0.2) is 28.8 Å². The summed E-state index contributed by atoms with van der Waals surface area (Å²) in [5.41, 5.74) is 1.13. The van der Waals surface area contributed by atoms with Crippen molar-refractivity contribution in [2.45, 2.75) is 13.5 Å². The highest BCUT2D eigenvalue weighted by Crippen LogP contribution is 2.20. The van der Waals surface area contributed by atoms with Crippen molar-refractivity contribution in [3.8, 4) is 0 Å². The zero-order valence-electron chi connectivity index (χ0n) is 10.6. The molecule has 5 nitrogen and oxygen atoms in total. The molecular formula is C13H13ClN2O3. The van der Waals surface area contributed by atoms with Gasteiger partial charge >= 0.3 is 5.97 Å². The van der Waals surface area contributed by atoms with Crippen LogP contribution in [-0.4, -0.2) is 18.1 Å². The summed E-state index contributed by atoms with van der Waals surface area (Å²) < 4.78 is 10.1. The summed E-state index contributed by atoms with van der Waals surface area (Å²) in [6.45, 7) is 2.12. The highest BCUT2D eigenvalue weighted by Gasteiger charge is 2.15. The summed E-state index contributed by atoms with van der Waals surface area (Å²) in [7, 11) is 1.34. The van der Waals surface area contributed by atoms with Gasteiger partial charge in [0, 0.05) is 6.20 Å². The topological polar surface area (TPSA) is 64.4 Å². The Bertz CT molecular complexity index is 595. The van der Waals surface area contributed by atoms with Crippen LogP contribution in [-0.2, 0) is 11.3 Å². The Morgan fingerprint density at radius 1 is 1.58 bits per heavy atom. The Morgan fingerprint density at radius 3 is 3.05 bits per heavy atom. The summed E-state index contributed by atoms with van der Waals surface area (Å²) in [4.78, 5) is 15.4. The number of aryl methyl sites for hydroxylation is 1. The van der Waals surface area contributed by atoms with E-state index < -0.39 is 5.97 Å². The lowest BCUT2D eigenvalue weighted by Gasteiger charge is -2.04. The van der Waals surface area contributed by atoms with E-state index >= 15 is 0 Å². The molecule has 19 heavy (non-hydrogen) atoms. The predicted octanol–water partition coefficient (Wildman–Crippen LogP) is 3.04. The third-order valence-corrected chi connectivity index (χ3v) is 2.89. The molecule has 0 saturated heterocycles. The summed E-state index contributed by atoms with van der Waals surface area (Å²) in [5, 5.41) is 3.47. The van der Waals surface area contributed by atoms with E-state index in [1.807, 2.05) is 6.07 Å². The molecule has 6 heteroatoms. The molecule has 0 aliphatic rings. The summed E-state index contributed by atoms with van der Waals surface area (Å²) in [6, 6.07) is 5.24. The molecule has 0 saturated carbocycles. The lowest BCUT2D eigenvalue weighted by molar-refractivity contribution is 0.0599. The fraction of sp³-hybridized carbons (Fsp3) is 0.231. The van der Waals surface area contributed by atoms with Crippen LogP contribution in [0, 0.1) is 6.92 Å². The molecule has 0 aliphatic heterocycles. The molecule has 0 aromatic carbocycles. The number of methoxy groups -OCH3 is 1. The van der Waals surface area contributed by atoms with Gasteiger partial charge in [-0.3, -0.25) is 0 Å². The quantitative estimate of drug-likeness (QED) is 0.689. The van der Waals surface area contributed by atoms with Gasteiger partial charge in [0.2, 0.25) is 0 Å². The maximum Gasteiger partial charge on any atom is 0.341 e. The molecule has 1 N–H and O–H groups in total. The third kappa shape index (κ3) is 3.06. The first-order valence-corrected chi connectivity index (χ1v) is 6.01. The van der Waals surface area contributed by atoms with Gasteiger partial charge in [0.15, 0.2) is 5.15 Å². The fourth-order valence-corrected chi connectivity index (χ4v) is 1.83. The summed E-state index contributed by atoms with van der Waals surface area (Å²) in [6.07, 6.45) is 1.61. The van der Waals surface area contributed by atoms with Gasteiger partial charge in [-0.2, -0.15) is 0 Å². The SMILES string of the molecule is COC(=O)c1cc(CNc2cccnc2Cl)oc1C. The zero-order chi connectivity index (χ0) is 13.8. The Hall–Kier alpha value is -2.01. The van der Waals surface area contributed by atoms with Crippen molar-refractivity contribution < 1.29 is 13.9 Å². The van der Waals surface area contributed by atoms with E-state index in [0.717, 1.165) is 0 Å². The van der Waals surface area contributed by atoms with Crippen LogP contribution in [0.5, 0.6) is 0 Å². The molecule has 2 rings (SSSR count). The number of carbonyl (C=O) groups excluding carboxylic acids is 1. The molecule has 2 aromatic rings. The van der Waals surface area contributed by atoms with Crippen molar-refractivity contribution in [1.82, 2.24) is 4.98 Å². The van der Waals surface area contributed by atoms with E-state index in [9.17, 15) is 4.79 Å².